The number of halogens is 3. The van der Waals surface area contributed by atoms with Gasteiger partial charge in [-0.25, -0.2) is 0 Å². The zero-order chi connectivity index (χ0) is 19.5. The lowest BCUT2D eigenvalue weighted by atomic mass is 10.0. The number of nitrogens with zero attached hydrogens (tertiary/aromatic N) is 2. The van der Waals surface area contributed by atoms with Crippen molar-refractivity contribution in [1.29, 1.82) is 0 Å². The molecular weight excluding hydrogens is 345 g/mol. The zero-order valence-corrected chi connectivity index (χ0v) is 15.1. The molecule has 1 aromatic carbocycles. The minimum Gasteiger partial charge on any atom is -0.481 e. The summed E-state index contributed by atoms with van der Waals surface area (Å²) in [5, 5.41) is 0. The standard InChI is InChI=1S/C19H21F3N2O2/c1-5-17(18(25)24(3)4)26-16-9-14(8-15(10-16)19(20,21)22)13-7-6-12(2)23-11-13/h6-11,17H,5H2,1-4H3. The summed E-state index contributed by atoms with van der Waals surface area (Å²) in [6.07, 6.45) is -3.53. The van der Waals surface area contributed by atoms with Crippen LogP contribution in [-0.4, -0.2) is 36.0 Å². The van der Waals surface area contributed by atoms with Gasteiger partial charge in [0.2, 0.25) is 0 Å². The predicted molar refractivity (Wildman–Crippen MR) is 92.8 cm³/mol. The van der Waals surface area contributed by atoms with Crippen LogP contribution in [0.2, 0.25) is 0 Å². The summed E-state index contributed by atoms with van der Waals surface area (Å²) >= 11 is 0. The number of aromatic nitrogens is 1. The molecule has 0 aliphatic carbocycles. The van der Waals surface area contributed by atoms with Crippen molar-refractivity contribution in [2.75, 3.05) is 14.1 Å². The van der Waals surface area contributed by atoms with Gasteiger partial charge in [-0.1, -0.05) is 13.0 Å². The van der Waals surface area contributed by atoms with Gasteiger partial charge in [0.15, 0.2) is 6.10 Å². The quantitative estimate of drug-likeness (QED) is 0.791. The average molecular weight is 366 g/mol. The second kappa shape index (κ2) is 7.76. The number of likely N-dealkylation sites (N-methyl/N-ethyl adjacent to an activating group) is 1. The average Bonchev–Trinajstić information content (AvgIpc) is 2.58. The van der Waals surface area contributed by atoms with Gasteiger partial charge in [0, 0.05) is 31.5 Å². The van der Waals surface area contributed by atoms with Crippen molar-refractivity contribution < 1.29 is 22.7 Å². The lowest BCUT2D eigenvalue weighted by Gasteiger charge is -2.21. The number of carbonyl (C=O) groups is 1. The van der Waals surface area contributed by atoms with Crippen molar-refractivity contribution in [2.45, 2.75) is 32.5 Å². The number of rotatable bonds is 5. The molecule has 2 rings (SSSR count). The van der Waals surface area contributed by atoms with Gasteiger partial charge >= 0.3 is 6.18 Å². The molecule has 0 saturated carbocycles. The summed E-state index contributed by atoms with van der Waals surface area (Å²) in [6.45, 7) is 3.54. The molecule has 1 atom stereocenters. The molecule has 0 radical (unpaired) electrons. The number of carbonyl (C=O) groups excluding carboxylic acids is 1. The number of pyridine rings is 1. The summed E-state index contributed by atoms with van der Waals surface area (Å²) in [5.74, 6) is -0.305. The Bertz CT molecular complexity index is 771. The van der Waals surface area contributed by atoms with E-state index in [9.17, 15) is 18.0 Å². The highest BCUT2D eigenvalue weighted by atomic mass is 19.4. The van der Waals surface area contributed by atoms with Gasteiger partial charge in [0.1, 0.15) is 5.75 Å². The number of aryl methyl sites for hydroxylation is 1. The predicted octanol–water partition coefficient (Wildman–Crippen LogP) is 4.32. The topological polar surface area (TPSA) is 42.4 Å². The minimum absolute atomic E-state index is 0.00236. The van der Waals surface area contributed by atoms with Gasteiger partial charge in [-0.05, 0) is 43.2 Å². The van der Waals surface area contributed by atoms with E-state index in [1.54, 1.807) is 40.1 Å². The molecule has 1 heterocycles. The highest BCUT2D eigenvalue weighted by Crippen LogP contribution is 2.36. The normalized spacial score (nSPS) is 12.6. The third-order valence-corrected chi connectivity index (χ3v) is 3.84. The summed E-state index contributed by atoms with van der Waals surface area (Å²) in [6, 6.07) is 6.88. The first-order chi connectivity index (χ1) is 12.1. The van der Waals surface area contributed by atoms with Crippen LogP contribution in [-0.2, 0) is 11.0 Å². The Kier molecular flexibility index (Phi) is 5.90. The first-order valence-electron chi connectivity index (χ1n) is 8.15. The number of amides is 1. The molecule has 0 aliphatic rings. The minimum atomic E-state index is -4.53. The van der Waals surface area contributed by atoms with E-state index in [4.69, 9.17) is 4.74 Å². The Hall–Kier alpha value is -2.57. The maximum atomic E-state index is 13.3. The molecule has 1 unspecified atom stereocenters. The zero-order valence-electron chi connectivity index (χ0n) is 15.1. The molecule has 0 aliphatic heterocycles. The molecule has 0 saturated heterocycles. The van der Waals surface area contributed by atoms with Crippen molar-refractivity contribution in [1.82, 2.24) is 9.88 Å². The van der Waals surface area contributed by atoms with E-state index in [-0.39, 0.29) is 11.7 Å². The van der Waals surface area contributed by atoms with Crippen LogP contribution in [0, 0.1) is 6.92 Å². The van der Waals surface area contributed by atoms with Crippen LogP contribution in [0.15, 0.2) is 36.5 Å². The van der Waals surface area contributed by atoms with Gasteiger partial charge in [-0.15, -0.1) is 0 Å². The highest BCUT2D eigenvalue weighted by Gasteiger charge is 2.32. The van der Waals surface area contributed by atoms with E-state index in [1.807, 2.05) is 0 Å². The molecular formula is C19H21F3N2O2. The highest BCUT2D eigenvalue weighted by molar-refractivity contribution is 5.80. The van der Waals surface area contributed by atoms with Crippen LogP contribution in [0.3, 0.4) is 0 Å². The molecule has 140 valence electrons. The smallest absolute Gasteiger partial charge is 0.416 e. The van der Waals surface area contributed by atoms with Gasteiger partial charge in [-0.2, -0.15) is 13.2 Å². The molecule has 2 aromatic rings. The molecule has 0 bridgehead atoms. The molecule has 26 heavy (non-hydrogen) atoms. The number of hydrogen-bond donors (Lipinski definition) is 0. The lowest BCUT2D eigenvalue weighted by molar-refractivity contribution is -0.137. The largest absolute Gasteiger partial charge is 0.481 e. The summed E-state index contributed by atoms with van der Waals surface area (Å²) in [5.41, 5.74) is 0.797. The van der Waals surface area contributed by atoms with Crippen molar-refractivity contribution in [2.24, 2.45) is 0 Å². The Balaban J connectivity index is 2.46. The number of ether oxygens (including phenoxy) is 1. The second-order valence-corrected chi connectivity index (χ2v) is 6.18. The number of hydrogen-bond acceptors (Lipinski definition) is 3. The van der Waals surface area contributed by atoms with Crippen molar-refractivity contribution in [3.63, 3.8) is 0 Å². The molecule has 0 spiro atoms. The van der Waals surface area contributed by atoms with Crippen molar-refractivity contribution >= 4 is 5.91 Å². The van der Waals surface area contributed by atoms with Gasteiger partial charge in [-0.3, -0.25) is 9.78 Å². The van der Waals surface area contributed by atoms with E-state index in [0.717, 1.165) is 17.8 Å². The van der Waals surface area contributed by atoms with Gasteiger partial charge in [0.25, 0.3) is 5.91 Å². The molecule has 0 fully saturated rings. The summed E-state index contributed by atoms with van der Waals surface area (Å²) in [7, 11) is 3.15. The Morgan fingerprint density at radius 3 is 2.38 bits per heavy atom. The molecule has 1 aromatic heterocycles. The molecule has 7 heteroatoms. The first kappa shape index (κ1) is 19.8. The van der Waals surface area contributed by atoms with E-state index in [2.05, 4.69) is 4.98 Å². The van der Waals surface area contributed by atoms with Gasteiger partial charge < -0.3 is 9.64 Å². The fraction of sp³-hybridized carbons (Fsp3) is 0.368. The van der Waals surface area contributed by atoms with E-state index in [1.165, 1.54) is 17.2 Å². The van der Waals surface area contributed by atoms with Gasteiger partial charge in [0.05, 0.1) is 5.56 Å². The summed E-state index contributed by atoms with van der Waals surface area (Å²) < 4.78 is 45.5. The van der Waals surface area contributed by atoms with Crippen LogP contribution in [0.1, 0.15) is 24.6 Å². The summed E-state index contributed by atoms with van der Waals surface area (Å²) in [4.78, 5) is 17.6. The van der Waals surface area contributed by atoms with E-state index >= 15 is 0 Å². The maximum Gasteiger partial charge on any atom is 0.416 e. The van der Waals surface area contributed by atoms with E-state index < -0.39 is 17.8 Å². The second-order valence-electron chi connectivity index (χ2n) is 6.18. The van der Waals surface area contributed by atoms with Crippen LogP contribution in [0.4, 0.5) is 13.2 Å². The number of alkyl halides is 3. The molecule has 1 amide bonds. The van der Waals surface area contributed by atoms with Crippen LogP contribution in [0.25, 0.3) is 11.1 Å². The SMILES string of the molecule is CCC(Oc1cc(-c2ccc(C)nc2)cc(C(F)(F)F)c1)C(=O)N(C)C. The van der Waals surface area contributed by atoms with Crippen LogP contribution >= 0.6 is 0 Å². The fourth-order valence-corrected chi connectivity index (χ4v) is 2.40. The molecule has 0 N–H and O–H groups in total. The fourth-order valence-electron chi connectivity index (χ4n) is 2.40. The third-order valence-electron chi connectivity index (χ3n) is 3.84. The third kappa shape index (κ3) is 4.74. The van der Waals surface area contributed by atoms with Crippen molar-refractivity contribution in [3.8, 4) is 16.9 Å². The maximum absolute atomic E-state index is 13.3. The van der Waals surface area contributed by atoms with Crippen LogP contribution < -0.4 is 4.74 Å². The van der Waals surface area contributed by atoms with Crippen molar-refractivity contribution in [3.05, 3.63) is 47.8 Å². The molecule has 4 nitrogen and oxygen atoms in total. The Morgan fingerprint density at radius 2 is 1.88 bits per heavy atom. The Labute approximate surface area is 150 Å². The monoisotopic (exact) mass is 366 g/mol. The number of benzene rings is 1. The Morgan fingerprint density at radius 1 is 1.19 bits per heavy atom. The first-order valence-corrected chi connectivity index (χ1v) is 8.15. The lowest BCUT2D eigenvalue weighted by Crippen LogP contribution is -2.37. The van der Waals surface area contributed by atoms with Crippen LogP contribution in [0.5, 0.6) is 5.75 Å². The van der Waals surface area contributed by atoms with E-state index in [0.29, 0.717) is 17.5 Å².